The summed E-state index contributed by atoms with van der Waals surface area (Å²) in [6.45, 7) is 0. The molecular weight excluding hydrogens is 331 g/mol. The number of hydrogen-bond donors (Lipinski definition) is 0. The van der Waals surface area contributed by atoms with Crippen molar-refractivity contribution in [2.45, 2.75) is 0 Å². The average Bonchev–Trinajstić information content (AvgIpc) is 2.67. The number of fused-ring (bicyclic) bond motifs is 1. The predicted octanol–water partition coefficient (Wildman–Crippen LogP) is 5.30. The minimum atomic E-state index is -0.440. The fourth-order valence-electron chi connectivity index (χ4n) is 2.37. The van der Waals surface area contributed by atoms with Gasteiger partial charge in [0.25, 0.3) is 0 Å². The summed E-state index contributed by atoms with van der Waals surface area (Å²) >= 11 is 0. The van der Waals surface area contributed by atoms with Crippen LogP contribution in [0.1, 0.15) is 5.56 Å². The molecule has 0 fully saturated rings. The van der Waals surface area contributed by atoms with Crippen molar-refractivity contribution in [2.75, 3.05) is 7.11 Å². The molecule has 0 bridgehead atoms. The first-order valence-corrected chi connectivity index (χ1v) is 7.86. The number of carbonyl (C=O) groups excluding carboxylic acids is 1. The molecule has 26 heavy (non-hydrogen) atoms. The molecule has 3 aromatic carbocycles. The Labute approximate surface area is 150 Å². The lowest BCUT2D eigenvalue weighted by atomic mass is 10.1. The van der Waals surface area contributed by atoms with Crippen molar-refractivity contribution in [1.29, 1.82) is 0 Å². The van der Waals surface area contributed by atoms with Gasteiger partial charge >= 0.3 is 5.97 Å². The second kappa shape index (κ2) is 8.01. The number of hydrogen-bond acceptors (Lipinski definition) is 4. The Morgan fingerprint density at radius 1 is 1.04 bits per heavy atom. The van der Waals surface area contributed by atoms with E-state index in [0.29, 0.717) is 11.4 Å². The number of halogens is 1. The van der Waals surface area contributed by atoms with Gasteiger partial charge < -0.3 is 4.74 Å². The lowest BCUT2D eigenvalue weighted by Gasteiger charge is -1.99. The normalized spacial score (nSPS) is 10.5. The van der Waals surface area contributed by atoms with Gasteiger partial charge in [0, 0.05) is 11.6 Å². The summed E-state index contributed by atoms with van der Waals surface area (Å²) in [6, 6.07) is 19.9. The highest BCUT2D eigenvalue weighted by Gasteiger charge is 1.99. The molecule has 0 radical (unpaired) electrons. The van der Waals surface area contributed by atoms with E-state index in [1.807, 2.05) is 24.3 Å². The van der Waals surface area contributed by atoms with Crippen LogP contribution in [0.2, 0.25) is 0 Å². The average molecular weight is 346 g/mol. The maximum Gasteiger partial charge on any atom is 0.330 e. The van der Waals surface area contributed by atoms with Crippen LogP contribution in [-0.4, -0.2) is 19.1 Å². The van der Waals surface area contributed by atoms with Crippen molar-refractivity contribution in [1.82, 2.24) is 0 Å². The third-order valence-electron chi connectivity index (χ3n) is 3.67. The highest BCUT2D eigenvalue weighted by molar-refractivity contribution is 5.88. The molecule has 0 amide bonds. The van der Waals surface area contributed by atoms with E-state index in [9.17, 15) is 9.18 Å². The van der Waals surface area contributed by atoms with Crippen molar-refractivity contribution >= 4 is 40.2 Å². The Bertz CT molecular complexity index is 1050. The highest BCUT2D eigenvalue weighted by Crippen LogP contribution is 2.22. The van der Waals surface area contributed by atoms with E-state index in [0.717, 1.165) is 16.3 Å². The van der Waals surface area contributed by atoms with Crippen molar-refractivity contribution in [3.8, 4) is 0 Å². The predicted molar refractivity (Wildman–Crippen MR) is 101 cm³/mol. The van der Waals surface area contributed by atoms with Crippen LogP contribution < -0.4 is 0 Å². The molecular formula is C21H15FN2O2. The number of benzene rings is 3. The number of ether oxygens (including phenoxy) is 1. The Balaban J connectivity index is 1.87. The molecule has 0 aliphatic carbocycles. The van der Waals surface area contributed by atoms with Crippen LogP contribution in [0.25, 0.3) is 16.8 Å². The maximum atomic E-state index is 13.2. The third kappa shape index (κ3) is 4.29. The molecule has 0 saturated heterocycles. The van der Waals surface area contributed by atoms with Crippen LogP contribution in [0.4, 0.5) is 15.8 Å². The van der Waals surface area contributed by atoms with E-state index < -0.39 is 5.97 Å². The second-order valence-electron chi connectivity index (χ2n) is 5.41. The van der Waals surface area contributed by atoms with Crippen molar-refractivity contribution in [3.05, 3.63) is 78.1 Å². The van der Waals surface area contributed by atoms with E-state index in [1.54, 1.807) is 30.3 Å². The fourth-order valence-corrected chi connectivity index (χ4v) is 2.37. The maximum absolute atomic E-state index is 13.2. The van der Waals surface area contributed by atoms with Gasteiger partial charge in [0.15, 0.2) is 0 Å². The van der Waals surface area contributed by atoms with E-state index in [2.05, 4.69) is 20.7 Å². The van der Waals surface area contributed by atoms with E-state index in [1.165, 1.54) is 25.3 Å². The molecule has 0 aromatic heterocycles. The number of esters is 1. The summed E-state index contributed by atoms with van der Waals surface area (Å²) in [4.78, 5) is 19.6. The Morgan fingerprint density at radius 2 is 1.81 bits per heavy atom. The molecule has 4 nitrogen and oxygen atoms in total. The largest absolute Gasteiger partial charge is 0.466 e. The van der Waals surface area contributed by atoms with Crippen molar-refractivity contribution in [3.63, 3.8) is 0 Å². The lowest BCUT2D eigenvalue weighted by Crippen LogP contribution is -1.93. The molecule has 0 N–H and O–H groups in total. The van der Waals surface area contributed by atoms with Gasteiger partial charge in [0.2, 0.25) is 0 Å². The molecule has 0 aliphatic heterocycles. The van der Waals surface area contributed by atoms with Crippen molar-refractivity contribution < 1.29 is 13.9 Å². The molecule has 0 spiro atoms. The van der Waals surface area contributed by atoms with Crippen LogP contribution in [-0.2, 0) is 9.53 Å². The van der Waals surface area contributed by atoms with Gasteiger partial charge in [-0.3, -0.25) is 0 Å². The third-order valence-corrected chi connectivity index (χ3v) is 3.67. The Kier molecular flexibility index (Phi) is 5.32. The first-order chi connectivity index (χ1) is 12.7. The van der Waals surface area contributed by atoms with Gasteiger partial charge in [-0.05, 0) is 47.2 Å². The molecule has 128 valence electrons. The zero-order valence-corrected chi connectivity index (χ0v) is 14.0. The molecule has 5 heteroatoms. The van der Waals surface area contributed by atoms with Crippen LogP contribution in [0.5, 0.6) is 0 Å². The monoisotopic (exact) mass is 346 g/mol. The number of rotatable bonds is 4. The van der Waals surface area contributed by atoms with E-state index >= 15 is 0 Å². The topological polar surface area (TPSA) is 51.0 Å². The molecule has 0 saturated carbocycles. The Hall–Kier alpha value is -3.56. The molecule has 0 atom stereocenters. The summed E-state index contributed by atoms with van der Waals surface area (Å²) < 4.78 is 17.8. The highest BCUT2D eigenvalue weighted by atomic mass is 19.1. The summed E-state index contributed by atoms with van der Waals surface area (Å²) in [5.41, 5.74) is 2.03. The van der Waals surface area contributed by atoms with Gasteiger partial charge in [-0.1, -0.05) is 30.3 Å². The lowest BCUT2D eigenvalue weighted by molar-refractivity contribution is -0.134. The van der Waals surface area contributed by atoms with Crippen LogP contribution >= 0.6 is 0 Å². The quantitative estimate of drug-likeness (QED) is 0.365. The van der Waals surface area contributed by atoms with Gasteiger partial charge in [-0.15, -0.1) is 0 Å². The van der Waals surface area contributed by atoms with Crippen LogP contribution in [0, 0.1) is 5.82 Å². The number of methoxy groups -OCH3 is 1. The van der Waals surface area contributed by atoms with Crippen LogP contribution in [0.3, 0.4) is 0 Å². The van der Waals surface area contributed by atoms with Crippen LogP contribution in [0.15, 0.2) is 76.7 Å². The van der Waals surface area contributed by atoms with Gasteiger partial charge in [0.1, 0.15) is 11.8 Å². The molecule has 0 unspecified atom stereocenters. The minimum Gasteiger partial charge on any atom is -0.466 e. The minimum absolute atomic E-state index is 0.271. The van der Waals surface area contributed by atoms with Gasteiger partial charge in [-0.2, -0.15) is 9.98 Å². The first-order valence-electron chi connectivity index (χ1n) is 7.86. The second-order valence-corrected chi connectivity index (χ2v) is 5.41. The zero-order valence-electron chi connectivity index (χ0n) is 14.0. The van der Waals surface area contributed by atoms with E-state index in [-0.39, 0.29) is 5.82 Å². The van der Waals surface area contributed by atoms with E-state index in [4.69, 9.17) is 0 Å². The van der Waals surface area contributed by atoms with Gasteiger partial charge in [-0.25, -0.2) is 9.18 Å². The molecule has 0 heterocycles. The number of para-hydroxylation sites is 1. The summed E-state index contributed by atoms with van der Waals surface area (Å²) in [5, 5.41) is 1.69. The number of carbonyl (C=O) groups is 1. The number of aliphatic imine (C=N–C) groups is 2. The standard InChI is InChI=1S/C21H15FN2O2/c1-26-21(25)11-8-15-4-2-3-5-20(15)24-14-23-19-10-7-16-12-18(22)9-6-17(16)13-19/h2-13H,1H3/b11-8+. The number of nitrogens with zero attached hydrogens (tertiary/aromatic N) is 2. The summed E-state index contributed by atoms with van der Waals surface area (Å²) in [5.74, 6) is -0.711. The Morgan fingerprint density at radius 3 is 2.65 bits per heavy atom. The van der Waals surface area contributed by atoms with Gasteiger partial charge in [0.05, 0.1) is 18.5 Å². The molecule has 3 rings (SSSR count). The zero-order chi connectivity index (χ0) is 18.4. The summed E-state index contributed by atoms with van der Waals surface area (Å²) in [7, 11) is 1.32. The molecule has 0 aliphatic rings. The SMILES string of the molecule is COC(=O)/C=C/c1ccccc1N=C=Nc1ccc2cc(F)ccc2c1. The molecule has 3 aromatic rings. The first kappa shape index (κ1) is 17.3. The van der Waals surface area contributed by atoms with Crippen molar-refractivity contribution in [2.24, 2.45) is 9.98 Å². The fraction of sp³-hybridized carbons (Fsp3) is 0.0476. The smallest absolute Gasteiger partial charge is 0.330 e. The summed E-state index contributed by atoms with van der Waals surface area (Å²) in [6.07, 6.45) is 2.95.